The molecule has 34 heavy (non-hydrogen) atoms. The van der Waals surface area contributed by atoms with Gasteiger partial charge in [-0.1, -0.05) is 18.7 Å². The van der Waals surface area contributed by atoms with Crippen molar-refractivity contribution >= 4 is 46.4 Å². The minimum absolute atomic E-state index is 0.0432. The molecule has 0 aliphatic heterocycles. The van der Waals surface area contributed by atoms with E-state index in [2.05, 4.69) is 17.2 Å². The van der Waals surface area contributed by atoms with E-state index in [9.17, 15) is 19.6 Å². The van der Waals surface area contributed by atoms with Crippen molar-refractivity contribution in [3.8, 4) is 6.07 Å². The number of nitrogens with one attached hydrogen (secondary N) is 2. The molecule has 0 spiro atoms. The van der Waals surface area contributed by atoms with Gasteiger partial charge in [-0.3, -0.25) is 14.2 Å². The van der Waals surface area contributed by atoms with Gasteiger partial charge in [-0.05, 0) is 25.1 Å². The van der Waals surface area contributed by atoms with Crippen LogP contribution in [-0.2, 0) is 30.3 Å². The number of carbonyl (C=O) groups is 2. The lowest BCUT2D eigenvalue weighted by Crippen LogP contribution is -2.32. The standard InChI is InChI=1S/C23H26N4O6S/c1-4-9-33-23(30)18(13-24)22-27(5-2)21(29)19(34-22)14-25-16-7-6-8-17(12-16)26-20(28)15-32-11-10-31-3/h4,6-8,12,14,25H,1,5,9-11,15H2,2-3H3,(H,26,28)/b19-14+,22-18-. The lowest BCUT2D eigenvalue weighted by molar-refractivity contribution is -0.135. The van der Waals surface area contributed by atoms with Crippen LogP contribution in [0.2, 0.25) is 0 Å². The third-order valence-electron chi connectivity index (χ3n) is 4.27. The largest absolute Gasteiger partial charge is 0.457 e. The molecule has 0 aliphatic rings. The number of amides is 1. The molecule has 0 fully saturated rings. The van der Waals surface area contributed by atoms with Crippen LogP contribution in [0.1, 0.15) is 6.92 Å². The summed E-state index contributed by atoms with van der Waals surface area (Å²) in [6.07, 6.45) is 2.88. The molecular formula is C23H26N4O6S. The molecule has 2 aromatic rings. The van der Waals surface area contributed by atoms with E-state index in [1.807, 2.05) is 6.07 Å². The minimum atomic E-state index is -0.819. The summed E-state index contributed by atoms with van der Waals surface area (Å²) in [5, 5.41) is 15.2. The lowest BCUT2D eigenvalue weighted by atomic mass is 10.2. The van der Waals surface area contributed by atoms with E-state index in [1.165, 1.54) is 16.8 Å². The Morgan fingerprint density at radius 3 is 2.74 bits per heavy atom. The summed E-state index contributed by atoms with van der Waals surface area (Å²) in [6.45, 7) is 6.05. The number of nitriles is 1. The first-order valence-corrected chi connectivity index (χ1v) is 11.1. The summed E-state index contributed by atoms with van der Waals surface area (Å²) in [5.74, 6) is -1.13. The van der Waals surface area contributed by atoms with Crippen LogP contribution in [0, 0.1) is 11.3 Å². The molecule has 0 bridgehead atoms. The van der Waals surface area contributed by atoms with Gasteiger partial charge in [0.1, 0.15) is 28.5 Å². The number of carbonyl (C=O) groups excluding carboxylic acids is 2. The molecule has 180 valence electrons. The number of ether oxygens (including phenoxy) is 3. The molecule has 0 radical (unpaired) electrons. The fraction of sp³-hybridized carbons (Fsp3) is 0.304. The Balaban J connectivity index is 2.25. The van der Waals surface area contributed by atoms with Crippen molar-refractivity contribution in [3.63, 3.8) is 0 Å². The lowest BCUT2D eigenvalue weighted by Gasteiger charge is -2.08. The zero-order valence-corrected chi connectivity index (χ0v) is 19.8. The first kappa shape index (κ1) is 26.5. The Bertz CT molecular complexity index is 1240. The number of hydrogen-bond acceptors (Lipinski definition) is 9. The van der Waals surface area contributed by atoms with E-state index < -0.39 is 5.97 Å². The van der Waals surface area contributed by atoms with Crippen molar-refractivity contribution in [1.82, 2.24) is 4.57 Å². The highest BCUT2D eigenvalue weighted by molar-refractivity contribution is 7.07. The van der Waals surface area contributed by atoms with Gasteiger partial charge in [-0.25, -0.2) is 4.79 Å². The van der Waals surface area contributed by atoms with Crippen molar-refractivity contribution < 1.29 is 23.8 Å². The maximum absolute atomic E-state index is 12.8. The van der Waals surface area contributed by atoms with Crippen LogP contribution < -0.4 is 25.4 Å². The van der Waals surface area contributed by atoms with Gasteiger partial charge < -0.3 is 24.8 Å². The fourth-order valence-corrected chi connectivity index (χ4v) is 3.80. The third kappa shape index (κ3) is 7.41. The van der Waals surface area contributed by atoms with Crippen LogP contribution >= 0.6 is 11.3 Å². The van der Waals surface area contributed by atoms with Crippen molar-refractivity contribution in [2.45, 2.75) is 13.5 Å². The number of esters is 1. The molecule has 0 atom stereocenters. The fourth-order valence-electron chi connectivity index (χ4n) is 2.72. The van der Waals surface area contributed by atoms with Crippen molar-refractivity contribution in [2.75, 3.05) is 44.2 Å². The third-order valence-corrected chi connectivity index (χ3v) is 5.40. The van der Waals surface area contributed by atoms with Gasteiger partial charge in [0.15, 0.2) is 5.57 Å². The van der Waals surface area contributed by atoms with Crippen LogP contribution in [-0.4, -0.2) is 50.0 Å². The summed E-state index contributed by atoms with van der Waals surface area (Å²) >= 11 is 1.00. The Morgan fingerprint density at radius 2 is 2.06 bits per heavy atom. The van der Waals surface area contributed by atoms with E-state index in [0.29, 0.717) is 29.1 Å². The number of benzene rings is 1. The van der Waals surface area contributed by atoms with Crippen molar-refractivity contribution in [1.29, 1.82) is 5.26 Å². The average Bonchev–Trinajstić information content (AvgIpc) is 3.14. The Labute approximate surface area is 200 Å². The second-order valence-corrected chi connectivity index (χ2v) is 7.69. The van der Waals surface area contributed by atoms with Gasteiger partial charge in [-0.15, -0.1) is 11.3 Å². The number of methoxy groups -OCH3 is 1. The molecule has 1 aromatic carbocycles. The Morgan fingerprint density at radius 1 is 1.29 bits per heavy atom. The van der Waals surface area contributed by atoms with Gasteiger partial charge in [-0.2, -0.15) is 5.26 Å². The van der Waals surface area contributed by atoms with E-state index >= 15 is 0 Å². The number of thiazole rings is 1. The molecule has 11 heteroatoms. The molecule has 1 heterocycles. The summed E-state index contributed by atoms with van der Waals surface area (Å²) in [4.78, 5) is 37.0. The van der Waals surface area contributed by atoms with Crippen LogP contribution in [0.25, 0.3) is 11.8 Å². The smallest absolute Gasteiger partial charge is 0.352 e. The molecular weight excluding hydrogens is 460 g/mol. The summed E-state index contributed by atoms with van der Waals surface area (Å²) in [6, 6.07) is 8.73. The predicted octanol–water partition coefficient (Wildman–Crippen LogP) is 0.785. The van der Waals surface area contributed by atoms with Crippen molar-refractivity contribution in [2.24, 2.45) is 0 Å². The molecule has 2 rings (SSSR count). The molecule has 0 saturated carbocycles. The molecule has 2 N–H and O–H groups in total. The highest BCUT2D eigenvalue weighted by atomic mass is 32.1. The normalized spacial score (nSPS) is 12.0. The SMILES string of the molecule is C=CCOC(=O)/C(C#N)=c1\s/c(=C/Nc2cccc(NC(=O)COCCOC)c2)c(=O)n1CC. The number of anilines is 2. The first-order valence-electron chi connectivity index (χ1n) is 10.3. The second-order valence-electron chi connectivity index (χ2n) is 6.66. The van der Waals surface area contributed by atoms with E-state index in [0.717, 1.165) is 11.3 Å². The van der Waals surface area contributed by atoms with E-state index in [-0.39, 0.29) is 41.5 Å². The van der Waals surface area contributed by atoms with E-state index in [4.69, 9.17) is 14.2 Å². The number of aromatic nitrogens is 1. The summed E-state index contributed by atoms with van der Waals surface area (Å²) in [7, 11) is 1.55. The second kappa shape index (κ2) is 13.7. The number of hydrogen-bond donors (Lipinski definition) is 2. The maximum atomic E-state index is 12.8. The quantitative estimate of drug-likeness (QED) is 0.256. The molecule has 0 saturated heterocycles. The van der Waals surface area contributed by atoms with Crippen LogP contribution in [0.5, 0.6) is 0 Å². The van der Waals surface area contributed by atoms with Gasteiger partial charge in [0.2, 0.25) is 5.91 Å². The summed E-state index contributed by atoms with van der Waals surface area (Å²) in [5.41, 5.74) is 0.562. The van der Waals surface area contributed by atoms with Gasteiger partial charge in [0, 0.05) is 31.2 Å². The number of rotatable bonds is 12. The van der Waals surface area contributed by atoms with Crippen LogP contribution in [0.15, 0.2) is 41.7 Å². The molecule has 0 aliphatic carbocycles. The Kier molecular flexibility index (Phi) is 10.7. The summed E-state index contributed by atoms with van der Waals surface area (Å²) < 4.78 is 16.9. The molecule has 1 amide bonds. The molecule has 1 aromatic heterocycles. The zero-order valence-electron chi connectivity index (χ0n) is 19.0. The monoisotopic (exact) mass is 486 g/mol. The first-order chi connectivity index (χ1) is 16.4. The minimum Gasteiger partial charge on any atom is -0.457 e. The van der Waals surface area contributed by atoms with Gasteiger partial charge >= 0.3 is 5.97 Å². The van der Waals surface area contributed by atoms with Crippen LogP contribution in [0.3, 0.4) is 0 Å². The highest BCUT2D eigenvalue weighted by Crippen LogP contribution is 2.15. The predicted molar refractivity (Wildman–Crippen MR) is 130 cm³/mol. The van der Waals surface area contributed by atoms with Gasteiger partial charge in [0.05, 0.1) is 13.2 Å². The van der Waals surface area contributed by atoms with Gasteiger partial charge in [0.25, 0.3) is 5.56 Å². The van der Waals surface area contributed by atoms with E-state index in [1.54, 1.807) is 38.3 Å². The topological polar surface area (TPSA) is 132 Å². The van der Waals surface area contributed by atoms with Crippen molar-refractivity contribution in [3.05, 3.63) is 56.5 Å². The maximum Gasteiger partial charge on any atom is 0.352 e. The molecule has 0 unspecified atom stereocenters. The highest BCUT2D eigenvalue weighted by Gasteiger charge is 2.16. The number of nitrogens with zero attached hydrogens (tertiary/aromatic N) is 2. The zero-order chi connectivity index (χ0) is 24.9. The molecule has 10 nitrogen and oxygen atoms in total. The Hall–Kier alpha value is -3.72. The van der Waals surface area contributed by atoms with Crippen LogP contribution in [0.4, 0.5) is 11.4 Å². The average molecular weight is 487 g/mol.